The molecule has 0 unspecified atom stereocenters. The fraction of sp³-hybridized carbons (Fsp3) is 0.0769. The van der Waals surface area contributed by atoms with Crippen molar-refractivity contribution in [2.24, 2.45) is 5.14 Å². The molecule has 0 heterocycles. The van der Waals surface area contributed by atoms with Gasteiger partial charge in [0.15, 0.2) is 0 Å². The van der Waals surface area contributed by atoms with E-state index in [1.54, 1.807) is 18.2 Å². The Kier molecular flexibility index (Phi) is 4.49. The molecule has 0 bridgehead atoms. The van der Waals surface area contributed by atoms with Gasteiger partial charge in [0.05, 0.1) is 5.69 Å². The first-order chi connectivity index (χ1) is 9.42. The molecule has 0 spiro atoms. The van der Waals surface area contributed by atoms with Crippen LogP contribution in [0.2, 0.25) is 5.02 Å². The van der Waals surface area contributed by atoms with Crippen molar-refractivity contribution in [2.75, 3.05) is 10.0 Å². The van der Waals surface area contributed by atoms with E-state index in [-0.39, 0.29) is 0 Å². The molecule has 0 fully saturated rings. The van der Waals surface area contributed by atoms with Crippen molar-refractivity contribution >= 4 is 33.2 Å². The zero-order valence-electron chi connectivity index (χ0n) is 10.5. The van der Waals surface area contributed by atoms with Crippen LogP contribution in [0.25, 0.3) is 0 Å². The molecule has 106 valence electrons. The summed E-state index contributed by atoms with van der Waals surface area (Å²) in [4.78, 5) is 0. The molecule has 4 N–H and O–H groups in total. The molecule has 20 heavy (non-hydrogen) atoms. The van der Waals surface area contributed by atoms with E-state index >= 15 is 0 Å². The Labute approximate surface area is 122 Å². The zero-order valence-corrected chi connectivity index (χ0v) is 12.1. The monoisotopic (exact) mass is 311 g/mol. The number of nitrogens with one attached hydrogen (secondary N) is 2. The van der Waals surface area contributed by atoms with Gasteiger partial charge in [0.1, 0.15) is 0 Å². The Balaban J connectivity index is 2.05. The van der Waals surface area contributed by atoms with Gasteiger partial charge < -0.3 is 5.32 Å². The van der Waals surface area contributed by atoms with Crippen molar-refractivity contribution in [1.82, 2.24) is 0 Å². The van der Waals surface area contributed by atoms with Gasteiger partial charge >= 0.3 is 0 Å². The standard InChI is InChI=1S/C13H14ClN3O2S/c14-11-4-1-3-10(7-11)9-16-12-5-2-6-13(8-12)17-20(15,18)19/h1-8,16-17H,9H2,(H2,15,18,19). The zero-order chi connectivity index (χ0) is 14.6. The number of hydrogen-bond acceptors (Lipinski definition) is 3. The summed E-state index contributed by atoms with van der Waals surface area (Å²) in [5.74, 6) is 0. The van der Waals surface area contributed by atoms with Gasteiger partial charge in [-0.3, -0.25) is 4.72 Å². The predicted molar refractivity (Wildman–Crippen MR) is 82.0 cm³/mol. The van der Waals surface area contributed by atoms with E-state index in [0.717, 1.165) is 11.3 Å². The van der Waals surface area contributed by atoms with Gasteiger partial charge in [0.2, 0.25) is 0 Å². The van der Waals surface area contributed by atoms with Gasteiger partial charge in [-0.2, -0.15) is 8.42 Å². The predicted octanol–water partition coefficient (Wildman–Crippen LogP) is 2.57. The number of halogens is 1. The van der Waals surface area contributed by atoms with E-state index in [9.17, 15) is 8.42 Å². The van der Waals surface area contributed by atoms with Crippen LogP contribution in [0, 0.1) is 0 Å². The Morgan fingerprint density at radius 3 is 2.45 bits per heavy atom. The van der Waals surface area contributed by atoms with Crippen LogP contribution in [0.3, 0.4) is 0 Å². The molecule has 0 saturated heterocycles. The maximum Gasteiger partial charge on any atom is 0.296 e. The lowest BCUT2D eigenvalue weighted by molar-refractivity contribution is 0.603. The number of nitrogens with two attached hydrogens (primary N) is 1. The van der Waals surface area contributed by atoms with Gasteiger partial charge in [-0.05, 0) is 35.9 Å². The van der Waals surface area contributed by atoms with Crippen LogP contribution in [-0.4, -0.2) is 8.42 Å². The molecule has 0 aliphatic carbocycles. The summed E-state index contributed by atoms with van der Waals surface area (Å²) < 4.78 is 24.1. The van der Waals surface area contributed by atoms with Gasteiger partial charge in [0, 0.05) is 17.3 Å². The van der Waals surface area contributed by atoms with Crippen molar-refractivity contribution in [3.8, 4) is 0 Å². The quantitative estimate of drug-likeness (QED) is 0.793. The second kappa shape index (κ2) is 6.13. The minimum atomic E-state index is -3.76. The van der Waals surface area contributed by atoms with Crippen LogP contribution in [-0.2, 0) is 16.8 Å². The van der Waals surface area contributed by atoms with Crippen molar-refractivity contribution in [3.05, 3.63) is 59.1 Å². The van der Waals surface area contributed by atoms with Crippen molar-refractivity contribution in [2.45, 2.75) is 6.54 Å². The maximum absolute atomic E-state index is 11.0. The molecule has 0 aromatic heterocycles. The van der Waals surface area contributed by atoms with Crippen LogP contribution in [0.5, 0.6) is 0 Å². The summed E-state index contributed by atoms with van der Waals surface area (Å²) in [6, 6.07) is 14.3. The smallest absolute Gasteiger partial charge is 0.296 e. The summed E-state index contributed by atoms with van der Waals surface area (Å²) in [6.07, 6.45) is 0. The summed E-state index contributed by atoms with van der Waals surface area (Å²) in [7, 11) is -3.76. The second-order valence-corrected chi connectivity index (χ2v) is 5.94. The second-order valence-electron chi connectivity index (χ2n) is 4.21. The fourth-order valence-electron chi connectivity index (χ4n) is 1.71. The first-order valence-corrected chi connectivity index (χ1v) is 7.74. The lowest BCUT2D eigenvalue weighted by Gasteiger charge is -2.09. The molecule has 2 aromatic rings. The van der Waals surface area contributed by atoms with Gasteiger partial charge in [-0.1, -0.05) is 29.8 Å². The minimum absolute atomic E-state index is 0.406. The molecule has 7 heteroatoms. The molecule has 2 aromatic carbocycles. The maximum atomic E-state index is 11.0. The number of rotatable bonds is 5. The van der Waals surface area contributed by atoms with E-state index in [1.807, 2.05) is 30.3 Å². The van der Waals surface area contributed by atoms with Crippen molar-refractivity contribution < 1.29 is 8.42 Å². The molecule has 2 rings (SSSR count). The summed E-state index contributed by atoms with van der Waals surface area (Å²) in [6.45, 7) is 0.583. The van der Waals surface area contributed by atoms with E-state index in [4.69, 9.17) is 16.7 Å². The van der Waals surface area contributed by atoms with E-state index in [1.165, 1.54) is 0 Å². The highest BCUT2D eigenvalue weighted by atomic mass is 35.5. The number of anilines is 2. The summed E-state index contributed by atoms with van der Waals surface area (Å²) >= 11 is 5.91. The number of hydrogen-bond donors (Lipinski definition) is 3. The van der Waals surface area contributed by atoms with Crippen molar-refractivity contribution in [3.63, 3.8) is 0 Å². The third kappa shape index (κ3) is 4.73. The Morgan fingerprint density at radius 1 is 1.05 bits per heavy atom. The third-order valence-electron chi connectivity index (χ3n) is 2.51. The summed E-state index contributed by atoms with van der Waals surface area (Å²) in [5, 5.41) is 8.78. The van der Waals surface area contributed by atoms with Crippen LogP contribution < -0.4 is 15.2 Å². The third-order valence-corrected chi connectivity index (χ3v) is 3.26. The van der Waals surface area contributed by atoms with Crippen LogP contribution in [0.4, 0.5) is 11.4 Å². The highest BCUT2D eigenvalue weighted by Crippen LogP contribution is 2.17. The largest absolute Gasteiger partial charge is 0.381 e. The fourth-order valence-corrected chi connectivity index (χ4v) is 2.38. The molecular formula is C13H14ClN3O2S. The molecule has 0 atom stereocenters. The Bertz CT molecular complexity index is 704. The molecule has 0 amide bonds. The van der Waals surface area contributed by atoms with Gasteiger partial charge in [0.25, 0.3) is 10.2 Å². The molecular weight excluding hydrogens is 298 g/mol. The normalized spacial score (nSPS) is 11.1. The average molecular weight is 312 g/mol. The van der Waals surface area contributed by atoms with E-state index in [2.05, 4.69) is 10.0 Å². The van der Waals surface area contributed by atoms with Crippen LogP contribution >= 0.6 is 11.6 Å². The highest BCUT2D eigenvalue weighted by Gasteiger charge is 2.03. The lowest BCUT2D eigenvalue weighted by atomic mass is 10.2. The summed E-state index contributed by atoms with van der Waals surface area (Å²) in [5.41, 5.74) is 2.21. The first kappa shape index (κ1) is 14.6. The SMILES string of the molecule is NS(=O)(=O)Nc1cccc(NCc2cccc(Cl)c2)c1. The van der Waals surface area contributed by atoms with E-state index < -0.39 is 10.2 Å². The lowest BCUT2D eigenvalue weighted by Crippen LogP contribution is -2.21. The van der Waals surface area contributed by atoms with E-state index in [0.29, 0.717) is 17.3 Å². The molecule has 0 radical (unpaired) electrons. The van der Waals surface area contributed by atoms with Gasteiger partial charge in [-0.25, -0.2) is 5.14 Å². The molecule has 0 aliphatic rings. The first-order valence-electron chi connectivity index (χ1n) is 5.81. The minimum Gasteiger partial charge on any atom is -0.381 e. The van der Waals surface area contributed by atoms with Crippen molar-refractivity contribution in [1.29, 1.82) is 0 Å². The topological polar surface area (TPSA) is 84.2 Å². The average Bonchev–Trinajstić information content (AvgIpc) is 2.35. The Hall–Kier alpha value is -1.76. The highest BCUT2D eigenvalue weighted by molar-refractivity contribution is 7.90. The molecule has 0 saturated carbocycles. The van der Waals surface area contributed by atoms with Crippen LogP contribution in [0.15, 0.2) is 48.5 Å². The van der Waals surface area contributed by atoms with Gasteiger partial charge in [-0.15, -0.1) is 0 Å². The Morgan fingerprint density at radius 2 is 1.75 bits per heavy atom. The number of benzene rings is 2. The molecule has 0 aliphatic heterocycles. The molecule has 5 nitrogen and oxygen atoms in total. The van der Waals surface area contributed by atoms with Crippen LogP contribution in [0.1, 0.15) is 5.56 Å².